The SMILES string of the molecule is C[C@H]1C[C@H]1C(=O)Nc1nc2ccc(OCC(F)(F)F)cc2s1. The quantitative estimate of drug-likeness (QED) is 0.927. The van der Waals surface area contributed by atoms with E-state index in [-0.39, 0.29) is 17.6 Å². The predicted octanol–water partition coefficient (Wildman–Crippen LogP) is 3.83. The molecule has 118 valence electrons. The highest BCUT2D eigenvalue weighted by Crippen LogP contribution is 2.39. The Labute approximate surface area is 128 Å². The fourth-order valence-corrected chi connectivity index (χ4v) is 3.00. The first-order chi connectivity index (χ1) is 10.3. The van der Waals surface area contributed by atoms with E-state index in [0.29, 0.717) is 21.3 Å². The lowest BCUT2D eigenvalue weighted by Gasteiger charge is -2.08. The van der Waals surface area contributed by atoms with Crippen LogP contribution in [0.1, 0.15) is 13.3 Å². The molecule has 3 rings (SSSR count). The number of hydrogen-bond donors (Lipinski definition) is 1. The maximum absolute atomic E-state index is 12.1. The molecule has 1 saturated carbocycles. The van der Waals surface area contributed by atoms with Gasteiger partial charge in [0.2, 0.25) is 5.91 Å². The number of amides is 1. The number of halogens is 3. The van der Waals surface area contributed by atoms with Gasteiger partial charge in [-0.15, -0.1) is 0 Å². The Morgan fingerprint density at radius 3 is 2.86 bits per heavy atom. The molecule has 2 aromatic rings. The fourth-order valence-electron chi connectivity index (χ4n) is 2.10. The van der Waals surface area contributed by atoms with Crippen LogP contribution in [0.25, 0.3) is 10.2 Å². The highest BCUT2D eigenvalue weighted by atomic mass is 32.1. The molecule has 0 bridgehead atoms. The lowest BCUT2D eigenvalue weighted by Crippen LogP contribution is -2.19. The Hall–Kier alpha value is -1.83. The molecule has 0 unspecified atom stereocenters. The van der Waals surface area contributed by atoms with Crippen molar-refractivity contribution in [1.82, 2.24) is 4.98 Å². The number of aromatic nitrogens is 1. The molecular weight excluding hydrogens is 317 g/mol. The predicted molar refractivity (Wildman–Crippen MR) is 77.1 cm³/mol. The number of hydrogen-bond acceptors (Lipinski definition) is 4. The van der Waals surface area contributed by atoms with Crippen LogP contribution >= 0.6 is 11.3 Å². The van der Waals surface area contributed by atoms with Crippen molar-refractivity contribution in [2.24, 2.45) is 11.8 Å². The zero-order chi connectivity index (χ0) is 15.9. The van der Waals surface area contributed by atoms with E-state index in [2.05, 4.69) is 10.3 Å². The van der Waals surface area contributed by atoms with Gasteiger partial charge < -0.3 is 10.1 Å². The number of rotatable bonds is 4. The van der Waals surface area contributed by atoms with Crippen LogP contribution in [-0.2, 0) is 4.79 Å². The maximum Gasteiger partial charge on any atom is 0.422 e. The van der Waals surface area contributed by atoms with Crippen LogP contribution in [0.5, 0.6) is 5.75 Å². The van der Waals surface area contributed by atoms with Crippen molar-refractivity contribution in [3.8, 4) is 5.75 Å². The molecule has 1 aromatic carbocycles. The molecule has 0 spiro atoms. The summed E-state index contributed by atoms with van der Waals surface area (Å²) in [5.74, 6) is 0.511. The third-order valence-corrected chi connectivity index (χ3v) is 4.37. The number of nitrogens with one attached hydrogen (secondary N) is 1. The summed E-state index contributed by atoms with van der Waals surface area (Å²) in [6, 6.07) is 4.50. The van der Waals surface area contributed by atoms with Crippen LogP contribution in [0.15, 0.2) is 18.2 Å². The molecule has 1 aliphatic rings. The van der Waals surface area contributed by atoms with Crippen molar-refractivity contribution in [2.45, 2.75) is 19.5 Å². The average Bonchev–Trinajstić information content (AvgIpc) is 3.02. The zero-order valence-corrected chi connectivity index (χ0v) is 12.4. The first-order valence-electron chi connectivity index (χ1n) is 6.73. The molecule has 1 aromatic heterocycles. The monoisotopic (exact) mass is 330 g/mol. The van der Waals surface area contributed by atoms with Gasteiger partial charge in [0.15, 0.2) is 11.7 Å². The molecule has 1 N–H and O–H groups in total. The number of carbonyl (C=O) groups excluding carboxylic acids is 1. The minimum Gasteiger partial charge on any atom is -0.484 e. The van der Waals surface area contributed by atoms with Crippen LogP contribution in [0.4, 0.5) is 18.3 Å². The third kappa shape index (κ3) is 3.49. The van der Waals surface area contributed by atoms with E-state index >= 15 is 0 Å². The van der Waals surface area contributed by atoms with Crippen LogP contribution in [0.2, 0.25) is 0 Å². The molecule has 1 aliphatic carbocycles. The Bertz CT molecular complexity index is 714. The van der Waals surface area contributed by atoms with E-state index in [1.54, 1.807) is 6.07 Å². The summed E-state index contributed by atoms with van der Waals surface area (Å²) < 4.78 is 41.8. The van der Waals surface area contributed by atoms with Gasteiger partial charge in [-0.2, -0.15) is 13.2 Å². The molecule has 1 amide bonds. The molecule has 22 heavy (non-hydrogen) atoms. The molecule has 0 saturated heterocycles. The number of anilines is 1. The summed E-state index contributed by atoms with van der Waals surface area (Å²) in [7, 11) is 0. The van der Waals surface area contributed by atoms with Crippen LogP contribution in [0.3, 0.4) is 0 Å². The van der Waals surface area contributed by atoms with Gasteiger partial charge in [0.1, 0.15) is 5.75 Å². The minimum atomic E-state index is -4.37. The number of benzene rings is 1. The standard InChI is InChI=1S/C14H13F3N2O2S/c1-7-4-9(7)12(20)19-13-18-10-3-2-8(5-11(10)22-13)21-6-14(15,16)17/h2-3,5,7,9H,4,6H2,1H3,(H,18,19,20)/t7-,9+/m0/s1. The van der Waals surface area contributed by atoms with Crippen molar-refractivity contribution >= 4 is 32.6 Å². The van der Waals surface area contributed by atoms with Gasteiger partial charge in [0.25, 0.3) is 0 Å². The summed E-state index contributed by atoms with van der Waals surface area (Å²) in [6.45, 7) is 0.674. The molecule has 2 atom stereocenters. The van der Waals surface area contributed by atoms with Gasteiger partial charge in [0, 0.05) is 5.92 Å². The van der Waals surface area contributed by atoms with E-state index in [9.17, 15) is 18.0 Å². The van der Waals surface area contributed by atoms with Crippen LogP contribution in [-0.4, -0.2) is 23.7 Å². The molecule has 4 nitrogen and oxygen atoms in total. The van der Waals surface area contributed by atoms with E-state index in [4.69, 9.17) is 4.74 Å². The minimum absolute atomic E-state index is 0.0395. The molecular formula is C14H13F3N2O2S. The van der Waals surface area contributed by atoms with Crippen molar-refractivity contribution < 1.29 is 22.7 Å². The van der Waals surface area contributed by atoms with E-state index in [0.717, 1.165) is 6.42 Å². The first kappa shape index (κ1) is 15.1. The Morgan fingerprint density at radius 1 is 1.50 bits per heavy atom. The van der Waals surface area contributed by atoms with Crippen LogP contribution < -0.4 is 10.1 Å². The second-order valence-corrected chi connectivity index (χ2v) is 6.39. The molecule has 0 radical (unpaired) electrons. The van der Waals surface area contributed by atoms with Gasteiger partial charge in [-0.25, -0.2) is 4.98 Å². The molecule has 1 fully saturated rings. The zero-order valence-electron chi connectivity index (χ0n) is 11.6. The highest BCUT2D eigenvalue weighted by Gasteiger charge is 2.39. The van der Waals surface area contributed by atoms with Gasteiger partial charge in [0.05, 0.1) is 10.2 Å². The van der Waals surface area contributed by atoms with Crippen molar-refractivity contribution in [3.05, 3.63) is 18.2 Å². The summed E-state index contributed by atoms with van der Waals surface area (Å²) >= 11 is 1.22. The third-order valence-electron chi connectivity index (χ3n) is 3.44. The van der Waals surface area contributed by atoms with Crippen molar-refractivity contribution in [3.63, 3.8) is 0 Å². The second-order valence-electron chi connectivity index (χ2n) is 5.36. The first-order valence-corrected chi connectivity index (χ1v) is 7.54. The van der Waals surface area contributed by atoms with Gasteiger partial charge in [-0.1, -0.05) is 18.3 Å². The summed E-state index contributed by atoms with van der Waals surface area (Å²) in [6.07, 6.45) is -3.49. The number of ether oxygens (including phenoxy) is 1. The summed E-state index contributed by atoms with van der Waals surface area (Å²) in [5.41, 5.74) is 0.614. The number of alkyl halides is 3. The second kappa shape index (κ2) is 5.42. The largest absolute Gasteiger partial charge is 0.484 e. The highest BCUT2D eigenvalue weighted by molar-refractivity contribution is 7.22. The molecule has 1 heterocycles. The van der Waals surface area contributed by atoms with Gasteiger partial charge >= 0.3 is 6.18 Å². The smallest absolute Gasteiger partial charge is 0.422 e. The topological polar surface area (TPSA) is 51.2 Å². The van der Waals surface area contributed by atoms with E-state index in [1.165, 1.54) is 23.5 Å². The number of nitrogens with zero attached hydrogens (tertiary/aromatic N) is 1. The number of thiazole rings is 1. The summed E-state index contributed by atoms with van der Waals surface area (Å²) in [4.78, 5) is 16.1. The van der Waals surface area contributed by atoms with Crippen molar-refractivity contribution in [1.29, 1.82) is 0 Å². The fraction of sp³-hybridized carbons (Fsp3) is 0.429. The van der Waals surface area contributed by atoms with Gasteiger partial charge in [-0.05, 0) is 30.5 Å². The average molecular weight is 330 g/mol. The number of fused-ring (bicyclic) bond motifs is 1. The summed E-state index contributed by atoms with van der Waals surface area (Å²) in [5, 5.41) is 3.20. The Morgan fingerprint density at radius 2 is 2.23 bits per heavy atom. The van der Waals surface area contributed by atoms with E-state index in [1.807, 2.05) is 6.92 Å². The Kier molecular flexibility index (Phi) is 3.72. The van der Waals surface area contributed by atoms with Crippen molar-refractivity contribution in [2.75, 3.05) is 11.9 Å². The molecule has 8 heteroatoms. The lowest BCUT2D eigenvalue weighted by atomic mass is 10.3. The van der Waals surface area contributed by atoms with Gasteiger partial charge in [-0.3, -0.25) is 4.79 Å². The van der Waals surface area contributed by atoms with E-state index < -0.39 is 12.8 Å². The number of carbonyl (C=O) groups is 1. The van der Waals surface area contributed by atoms with Crippen LogP contribution in [0, 0.1) is 11.8 Å². The Balaban J connectivity index is 1.71. The molecule has 0 aliphatic heterocycles. The normalized spacial score (nSPS) is 20.9. The lowest BCUT2D eigenvalue weighted by molar-refractivity contribution is -0.153. The maximum atomic E-state index is 12.1.